The highest BCUT2D eigenvalue weighted by atomic mass is 32.2. The van der Waals surface area contributed by atoms with E-state index in [-0.39, 0.29) is 0 Å². The molecular formula is C26H53O5PS. The zero-order valence-electron chi connectivity index (χ0n) is 21.8. The maximum atomic E-state index is 12.4. The molecule has 0 aliphatic carbocycles. The number of esters is 1. The summed E-state index contributed by atoms with van der Waals surface area (Å²) in [5, 5.41) is 0. The SMILES string of the molecule is CCCCCCCCCCCCSC(C(C)C(=O)OCCCCCCCCCC)P(=O)(O)O. The molecule has 0 radical (unpaired) electrons. The molecule has 0 saturated heterocycles. The molecule has 2 atom stereocenters. The van der Waals surface area contributed by atoms with Crippen molar-refractivity contribution in [2.75, 3.05) is 12.4 Å². The largest absolute Gasteiger partial charge is 0.465 e. The quantitative estimate of drug-likeness (QED) is 0.0773. The lowest BCUT2D eigenvalue weighted by atomic mass is 10.1. The molecule has 2 N–H and O–H groups in total. The highest BCUT2D eigenvalue weighted by molar-refractivity contribution is 8.05. The molecule has 2 unspecified atom stereocenters. The van der Waals surface area contributed by atoms with E-state index in [9.17, 15) is 19.1 Å². The lowest BCUT2D eigenvalue weighted by Gasteiger charge is -2.23. The average molecular weight is 509 g/mol. The van der Waals surface area contributed by atoms with Crippen molar-refractivity contribution in [2.24, 2.45) is 5.92 Å². The first-order valence-corrected chi connectivity index (χ1v) is 16.4. The smallest absolute Gasteiger partial charge is 0.339 e. The Morgan fingerprint density at radius 1 is 0.727 bits per heavy atom. The maximum Gasteiger partial charge on any atom is 0.339 e. The average Bonchev–Trinajstić information content (AvgIpc) is 2.77. The molecule has 0 heterocycles. The zero-order chi connectivity index (χ0) is 24.8. The summed E-state index contributed by atoms with van der Waals surface area (Å²) < 4.78 is 17.3. The number of unbranched alkanes of at least 4 members (excludes halogenated alkanes) is 16. The van der Waals surface area contributed by atoms with Crippen LogP contribution in [0.5, 0.6) is 0 Å². The summed E-state index contributed by atoms with van der Waals surface area (Å²) in [6.07, 6.45) is 21.6. The van der Waals surface area contributed by atoms with Gasteiger partial charge < -0.3 is 14.5 Å². The Bertz CT molecular complexity index is 497. The molecule has 0 rings (SSSR count). The van der Waals surface area contributed by atoms with Gasteiger partial charge in [0.1, 0.15) is 4.99 Å². The van der Waals surface area contributed by atoms with Crippen LogP contribution in [0.1, 0.15) is 136 Å². The fraction of sp³-hybridized carbons (Fsp3) is 0.962. The highest BCUT2D eigenvalue weighted by Crippen LogP contribution is 2.51. The summed E-state index contributed by atoms with van der Waals surface area (Å²) >= 11 is 1.24. The van der Waals surface area contributed by atoms with Crippen LogP contribution in [0.25, 0.3) is 0 Å². The summed E-state index contributed by atoms with van der Waals surface area (Å²) in [5.74, 6) is -0.614. The summed E-state index contributed by atoms with van der Waals surface area (Å²) in [6, 6.07) is 0. The molecule has 0 aromatic carbocycles. The topological polar surface area (TPSA) is 83.8 Å². The van der Waals surface area contributed by atoms with Crippen molar-refractivity contribution in [1.82, 2.24) is 0 Å². The normalized spacial score (nSPS) is 13.7. The Kier molecular flexibility index (Phi) is 22.4. The van der Waals surface area contributed by atoms with E-state index >= 15 is 0 Å². The van der Waals surface area contributed by atoms with Crippen molar-refractivity contribution in [3.05, 3.63) is 0 Å². The molecular weight excluding hydrogens is 455 g/mol. The maximum absolute atomic E-state index is 12.4. The van der Waals surface area contributed by atoms with Crippen molar-refractivity contribution >= 4 is 25.3 Å². The second-order valence-corrected chi connectivity index (χ2v) is 12.8. The van der Waals surface area contributed by atoms with Gasteiger partial charge >= 0.3 is 13.6 Å². The second kappa shape index (κ2) is 22.4. The molecule has 0 fully saturated rings. The van der Waals surface area contributed by atoms with Gasteiger partial charge in [0.05, 0.1) is 12.5 Å². The van der Waals surface area contributed by atoms with Gasteiger partial charge in [-0.15, -0.1) is 11.8 Å². The van der Waals surface area contributed by atoms with E-state index in [1.165, 1.54) is 95.2 Å². The standard InChI is InChI=1S/C26H53O5PS/c1-4-6-8-10-12-14-15-17-19-21-23-33-26(32(28,29)30)24(3)25(27)31-22-20-18-16-13-11-9-7-5-2/h24,26H,4-23H2,1-3H3,(H2,28,29,30). The number of ether oxygens (including phenoxy) is 1. The molecule has 33 heavy (non-hydrogen) atoms. The van der Waals surface area contributed by atoms with Crippen LogP contribution in [0, 0.1) is 5.92 Å². The fourth-order valence-electron chi connectivity index (χ4n) is 3.98. The van der Waals surface area contributed by atoms with Gasteiger partial charge in [-0.25, -0.2) is 0 Å². The molecule has 0 spiro atoms. The van der Waals surface area contributed by atoms with E-state index in [0.717, 1.165) is 32.1 Å². The van der Waals surface area contributed by atoms with Gasteiger partial charge in [-0.05, 0) is 18.6 Å². The Morgan fingerprint density at radius 3 is 1.55 bits per heavy atom. The first-order valence-electron chi connectivity index (χ1n) is 13.7. The minimum absolute atomic E-state index is 0.342. The molecule has 0 aromatic heterocycles. The first kappa shape index (κ1) is 33.0. The summed E-state index contributed by atoms with van der Waals surface area (Å²) in [5.41, 5.74) is 0. The molecule has 0 aliphatic rings. The van der Waals surface area contributed by atoms with Gasteiger partial charge in [-0.2, -0.15) is 0 Å². The number of thioether (sulfide) groups is 1. The zero-order valence-corrected chi connectivity index (χ0v) is 23.5. The van der Waals surface area contributed by atoms with Crippen LogP contribution < -0.4 is 0 Å². The van der Waals surface area contributed by atoms with Gasteiger partial charge in [0.15, 0.2) is 0 Å². The first-order chi connectivity index (χ1) is 15.8. The predicted molar refractivity (Wildman–Crippen MR) is 143 cm³/mol. The van der Waals surface area contributed by atoms with Crippen molar-refractivity contribution in [3.63, 3.8) is 0 Å². The van der Waals surface area contributed by atoms with Gasteiger partial charge in [0, 0.05) is 0 Å². The molecule has 0 saturated carbocycles. The van der Waals surface area contributed by atoms with E-state index in [2.05, 4.69) is 13.8 Å². The van der Waals surface area contributed by atoms with Crippen LogP contribution in [-0.4, -0.2) is 33.1 Å². The molecule has 0 aromatic rings. The monoisotopic (exact) mass is 508 g/mol. The summed E-state index contributed by atoms with van der Waals surface area (Å²) in [7, 11) is -4.37. The Labute approximate surface area is 208 Å². The Morgan fingerprint density at radius 2 is 1.12 bits per heavy atom. The van der Waals surface area contributed by atoms with E-state index in [1.807, 2.05) is 0 Å². The molecule has 0 amide bonds. The lowest BCUT2D eigenvalue weighted by molar-refractivity contribution is -0.147. The van der Waals surface area contributed by atoms with E-state index in [4.69, 9.17) is 4.74 Å². The van der Waals surface area contributed by atoms with E-state index < -0.39 is 24.5 Å². The van der Waals surface area contributed by atoms with Crippen LogP contribution in [0.15, 0.2) is 0 Å². The Balaban J connectivity index is 3.97. The van der Waals surface area contributed by atoms with Crippen molar-refractivity contribution in [1.29, 1.82) is 0 Å². The molecule has 7 heteroatoms. The van der Waals surface area contributed by atoms with Crippen LogP contribution in [-0.2, 0) is 14.1 Å². The van der Waals surface area contributed by atoms with Crippen LogP contribution in [0.3, 0.4) is 0 Å². The fourth-order valence-corrected chi connectivity index (χ4v) is 6.79. The van der Waals surface area contributed by atoms with Gasteiger partial charge in [0.25, 0.3) is 0 Å². The van der Waals surface area contributed by atoms with Crippen LogP contribution >= 0.6 is 19.4 Å². The number of hydrogen-bond acceptors (Lipinski definition) is 4. The number of rotatable bonds is 24. The third kappa shape index (κ3) is 19.9. The molecule has 5 nitrogen and oxygen atoms in total. The number of carbonyl (C=O) groups excluding carboxylic acids is 1. The van der Waals surface area contributed by atoms with Crippen molar-refractivity contribution in [3.8, 4) is 0 Å². The number of carbonyl (C=O) groups is 1. The lowest BCUT2D eigenvalue weighted by Crippen LogP contribution is -2.26. The predicted octanol–water partition coefficient (Wildman–Crippen LogP) is 8.46. The van der Waals surface area contributed by atoms with Gasteiger partial charge in [-0.1, -0.05) is 124 Å². The third-order valence-electron chi connectivity index (χ3n) is 6.16. The minimum atomic E-state index is -4.37. The minimum Gasteiger partial charge on any atom is -0.465 e. The molecule has 198 valence electrons. The van der Waals surface area contributed by atoms with Crippen molar-refractivity contribution < 1.29 is 23.9 Å². The van der Waals surface area contributed by atoms with Crippen LogP contribution in [0.4, 0.5) is 0 Å². The van der Waals surface area contributed by atoms with Crippen molar-refractivity contribution in [2.45, 2.75) is 141 Å². The van der Waals surface area contributed by atoms with E-state index in [1.54, 1.807) is 6.92 Å². The Hall–Kier alpha value is -0.0300. The molecule has 0 aliphatic heterocycles. The van der Waals surface area contributed by atoms with E-state index in [0.29, 0.717) is 12.4 Å². The van der Waals surface area contributed by atoms with Gasteiger partial charge in [0.2, 0.25) is 0 Å². The highest BCUT2D eigenvalue weighted by Gasteiger charge is 2.38. The van der Waals surface area contributed by atoms with Gasteiger partial charge in [-0.3, -0.25) is 9.36 Å². The van der Waals surface area contributed by atoms with Crippen LogP contribution in [0.2, 0.25) is 0 Å². The summed E-state index contributed by atoms with van der Waals surface area (Å²) in [6.45, 7) is 6.38. The number of hydrogen-bond donors (Lipinski definition) is 2. The third-order valence-corrected chi connectivity index (χ3v) is 9.82. The molecule has 0 bridgehead atoms. The summed E-state index contributed by atoms with van der Waals surface area (Å²) in [4.78, 5) is 30.9. The second-order valence-electron chi connectivity index (χ2n) is 9.46.